The zero-order valence-electron chi connectivity index (χ0n) is 19.6. The minimum absolute atomic E-state index is 0.0869. The van der Waals surface area contributed by atoms with Gasteiger partial charge in [0, 0.05) is 19.3 Å². The highest BCUT2D eigenvalue weighted by Crippen LogP contribution is 2.28. The standard InChI is InChI=1S/C22H32N2O8/c1-7-31-20(27)16-18(29-5)17(25)15(19(26)30-6)13-24(16)14-10-8-9-11-23(12-14)21(28)32-22(2,3)4/h13-14H,7-12H2,1-6H3/t14-/m1/s1. The number of ether oxygens (including phenoxy) is 4. The Morgan fingerprint density at radius 1 is 1.12 bits per heavy atom. The lowest BCUT2D eigenvalue weighted by Gasteiger charge is -2.30. The number of hydrogen-bond donors (Lipinski definition) is 0. The Bertz CT molecular complexity index is 916. The van der Waals surface area contributed by atoms with Gasteiger partial charge in [0.15, 0.2) is 11.4 Å². The van der Waals surface area contributed by atoms with Crippen molar-refractivity contribution in [1.29, 1.82) is 0 Å². The van der Waals surface area contributed by atoms with E-state index in [1.807, 2.05) is 0 Å². The van der Waals surface area contributed by atoms with Crippen molar-refractivity contribution < 1.29 is 33.3 Å². The third-order valence-corrected chi connectivity index (χ3v) is 4.96. The number of carbonyl (C=O) groups is 3. The van der Waals surface area contributed by atoms with Crippen LogP contribution in [0.5, 0.6) is 5.75 Å². The van der Waals surface area contributed by atoms with Crippen LogP contribution in [-0.4, -0.2) is 67.0 Å². The van der Waals surface area contributed by atoms with Crippen LogP contribution in [0.2, 0.25) is 0 Å². The van der Waals surface area contributed by atoms with E-state index in [1.165, 1.54) is 17.9 Å². The minimum Gasteiger partial charge on any atom is -0.491 e. The Balaban J connectivity index is 2.61. The first-order valence-corrected chi connectivity index (χ1v) is 10.6. The Morgan fingerprint density at radius 3 is 2.38 bits per heavy atom. The summed E-state index contributed by atoms with van der Waals surface area (Å²) in [6.45, 7) is 7.79. The highest BCUT2D eigenvalue weighted by atomic mass is 16.6. The molecule has 1 aromatic rings. The number of likely N-dealkylation sites (tertiary alicyclic amines) is 1. The maximum atomic E-state index is 12.8. The summed E-state index contributed by atoms with van der Waals surface area (Å²) >= 11 is 0. The van der Waals surface area contributed by atoms with Crippen molar-refractivity contribution in [3.63, 3.8) is 0 Å². The molecule has 0 bridgehead atoms. The van der Waals surface area contributed by atoms with E-state index >= 15 is 0 Å². The van der Waals surface area contributed by atoms with E-state index in [4.69, 9.17) is 18.9 Å². The predicted octanol–water partition coefficient (Wildman–Crippen LogP) is 2.78. The quantitative estimate of drug-likeness (QED) is 0.495. The normalized spacial score (nSPS) is 16.7. The summed E-state index contributed by atoms with van der Waals surface area (Å²) in [6, 6.07) is -0.428. The maximum absolute atomic E-state index is 12.8. The van der Waals surface area contributed by atoms with E-state index in [2.05, 4.69) is 0 Å². The van der Waals surface area contributed by atoms with Crippen LogP contribution in [0, 0.1) is 0 Å². The van der Waals surface area contributed by atoms with Gasteiger partial charge in [-0.2, -0.15) is 0 Å². The Morgan fingerprint density at radius 2 is 1.81 bits per heavy atom. The van der Waals surface area contributed by atoms with E-state index in [-0.39, 0.29) is 30.2 Å². The smallest absolute Gasteiger partial charge is 0.410 e. The first-order chi connectivity index (χ1) is 15.0. The molecular formula is C22H32N2O8. The summed E-state index contributed by atoms with van der Waals surface area (Å²) in [4.78, 5) is 52.2. The molecule has 1 aromatic heterocycles. The lowest BCUT2D eigenvalue weighted by Crippen LogP contribution is -2.40. The molecule has 10 heteroatoms. The fourth-order valence-corrected chi connectivity index (χ4v) is 3.58. The van der Waals surface area contributed by atoms with Crippen molar-refractivity contribution >= 4 is 18.0 Å². The molecular weight excluding hydrogens is 420 g/mol. The second kappa shape index (κ2) is 10.5. The molecule has 1 saturated heterocycles. The molecule has 2 heterocycles. The molecule has 0 spiro atoms. The van der Waals surface area contributed by atoms with Gasteiger partial charge in [0.2, 0.25) is 5.43 Å². The molecule has 1 amide bonds. The Hall–Kier alpha value is -3.04. The average Bonchev–Trinajstić information content (AvgIpc) is 2.98. The number of rotatable bonds is 5. The lowest BCUT2D eigenvalue weighted by atomic mass is 10.1. The number of nitrogens with zero attached hydrogens (tertiary/aromatic N) is 2. The number of amides is 1. The number of carbonyl (C=O) groups excluding carboxylic acids is 3. The third-order valence-electron chi connectivity index (χ3n) is 4.96. The van der Waals surface area contributed by atoms with E-state index < -0.39 is 35.1 Å². The molecule has 1 atom stereocenters. The Labute approximate surface area is 187 Å². The van der Waals surface area contributed by atoms with Crippen LogP contribution in [0.4, 0.5) is 4.79 Å². The van der Waals surface area contributed by atoms with Crippen molar-refractivity contribution in [1.82, 2.24) is 9.47 Å². The predicted molar refractivity (Wildman–Crippen MR) is 115 cm³/mol. The van der Waals surface area contributed by atoms with Crippen molar-refractivity contribution in [2.24, 2.45) is 0 Å². The maximum Gasteiger partial charge on any atom is 0.410 e. The zero-order valence-corrected chi connectivity index (χ0v) is 19.6. The van der Waals surface area contributed by atoms with Crippen LogP contribution >= 0.6 is 0 Å². The van der Waals surface area contributed by atoms with E-state index in [0.717, 1.165) is 20.0 Å². The summed E-state index contributed by atoms with van der Waals surface area (Å²) in [7, 11) is 2.40. The summed E-state index contributed by atoms with van der Waals surface area (Å²) in [5.74, 6) is -1.92. The van der Waals surface area contributed by atoms with Crippen LogP contribution in [0.25, 0.3) is 0 Å². The SMILES string of the molecule is CCOC(=O)c1c(OC)c(=O)c(C(=O)OC)cn1[C@@H]1CCCCN(C(=O)OC(C)(C)C)C1. The number of esters is 2. The number of hydrogen-bond acceptors (Lipinski definition) is 8. The molecule has 178 valence electrons. The molecule has 32 heavy (non-hydrogen) atoms. The monoisotopic (exact) mass is 452 g/mol. The molecule has 10 nitrogen and oxygen atoms in total. The van der Waals surface area contributed by atoms with E-state index in [9.17, 15) is 19.2 Å². The first kappa shape index (κ1) is 25.2. The van der Waals surface area contributed by atoms with Gasteiger partial charge in [0.25, 0.3) is 0 Å². The fraction of sp³-hybridized carbons (Fsp3) is 0.636. The van der Waals surface area contributed by atoms with Crippen LogP contribution in [0.15, 0.2) is 11.0 Å². The third kappa shape index (κ3) is 5.80. The van der Waals surface area contributed by atoms with Gasteiger partial charge in [0.05, 0.1) is 26.9 Å². The second-order valence-electron chi connectivity index (χ2n) is 8.45. The van der Waals surface area contributed by atoms with Gasteiger partial charge in [-0.05, 0) is 47.0 Å². The topological polar surface area (TPSA) is 113 Å². The van der Waals surface area contributed by atoms with E-state index in [0.29, 0.717) is 13.0 Å². The van der Waals surface area contributed by atoms with E-state index in [1.54, 1.807) is 32.6 Å². The fourth-order valence-electron chi connectivity index (χ4n) is 3.58. The van der Waals surface area contributed by atoms with Crippen molar-refractivity contribution in [3.8, 4) is 5.75 Å². The average molecular weight is 453 g/mol. The van der Waals surface area contributed by atoms with Gasteiger partial charge >= 0.3 is 18.0 Å². The second-order valence-corrected chi connectivity index (χ2v) is 8.45. The van der Waals surface area contributed by atoms with Gasteiger partial charge in [-0.1, -0.05) is 0 Å². The van der Waals surface area contributed by atoms with Crippen LogP contribution in [0.1, 0.15) is 73.8 Å². The summed E-state index contributed by atoms with van der Waals surface area (Å²) < 4.78 is 22.1. The Kier molecular flexibility index (Phi) is 8.29. The van der Waals surface area contributed by atoms with Crippen LogP contribution in [-0.2, 0) is 14.2 Å². The van der Waals surface area contributed by atoms with Crippen molar-refractivity contribution in [2.45, 2.75) is 58.6 Å². The van der Waals surface area contributed by atoms with Crippen molar-refractivity contribution in [2.75, 3.05) is 33.9 Å². The molecule has 0 aromatic carbocycles. The number of pyridine rings is 1. The lowest BCUT2D eigenvalue weighted by molar-refractivity contribution is 0.0235. The molecule has 0 radical (unpaired) electrons. The molecule has 2 rings (SSSR count). The van der Waals surface area contributed by atoms with Gasteiger partial charge in [-0.3, -0.25) is 4.79 Å². The molecule has 1 fully saturated rings. The van der Waals surface area contributed by atoms with Crippen LogP contribution < -0.4 is 10.2 Å². The highest BCUT2D eigenvalue weighted by molar-refractivity contribution is 5.94. The minimum atomic E-state index is -0.852. The van der Waals surface area contributed by atoms with Gasteiger partial charge in [-0.25, -0.2) is 14.4 Å². The zero-order chi connectivity index (χ0) is 24.1. The van der Waals surface area contributed by atoms with Gasteiger partial charge in [0.1, 0.15) is 11.2 Å². The van der Waals surface area contributed by atoms with Gasteiger partial charge < -0.3 is 28.4 Å². The molecule has 0 saturated carbocycles. The number of aromatic nitrogens is 1. The summed E-state index contributed by atoms with van der Waals surface area (Å²) in [5.41, 5.74) is -1.81. The van der Waals surface area contributed by atoms with Gasteiger partial charge in [-0.15, -0.1) is 0 Å². The highest BCUT2D eigenvalue weighted by Gasteiger charge is 2.32. The first-order valence-electron chi connectivity index (χ1n) is 10.6. The number of methoxy groups -OCH3 is 2. The van der Waals surface area contributed by atoms with Crippen molar-refractivity contribution in [3.05, 3.63) is 27.7 Å². The molecule has 1 aliphatic rings. The summed E-state index contributed by atoms with van der Waals surface area (Å²) in [6.07, 6.45) is 2.91. The molecule has 0 N–H and O–H groups in total. The molecule has 0 unspecified atom stereocenters. The van der Waals surface area contributed by atoms with Crippen LogP contribution in [0.3, 0.4) is 0 Å². The summed E-state index contributed by atoms with van der Waals surface area (Å²) in [5, 5.41) is 0. The molecule has 0 aliphatic carbocycles. The molecule has 1 aliphatic heterocycles. The largest absolute Gasteiger partial charge is 0.491 e.